The summed E-state index contributed by atoms with van der Waals surface area (Å²) in [5.74, 6) is 0.600. The minimum atomic E-state index is -0.425. The molecule has 0 fully saturated rings. The fraction of sp³-hybridized carbons (Fsp3) is 0.462. The molecule has 100 valence electrons. The summed E-state index contributed by atoms with van der Waals surface area (Å²) in [5, 5.41) is 3.40. The first-order chi connectivity index (χ1) is 8.63. The largest absolute Gasteiger partial charge is 0.492 e. The molecule has 4 nitrogen and oxygen atoms in total. The third-order valence-corrected chi connectivity index (χ3v) is 2.67. The van der Waals surface area contributed by atoms with Crippen molar-refractivity contribution >= 4 is 17.5 Å². The van der Waals surface area contributed by atoms with E-state index in [1.807, 2.05) is 6.92 Å². The average molecular weight is 271 g/mol. The van der Waals surface area contributed by atoms with Crippen molar-refractivity contribution in [2.24, 2.45) is 5.73 Å². The predicted octanol–water partition coefficient (Wildman–Crippen LogP) is 1.96. The van der Waals surface area contributed by atoms with Gasteiger partial charge in [-0.3, -0.25) is 4.79 Å². The normalized spacial score (nSPS) is 11.9. The molecule has 1 aromatic rings. The molecule has 1 atom stereocenters. The summed E-state index contributed by atoms with van der Waals surface area (Å²) in [4.78, 5) is 11.5. The second-order valence-electron chi connectivity index (χ2n) is 3.99. The lowest BCUT2D eigenvalue weighted by Crippen LogP contribution is -2.41. The number of hydrogen-bond donors (Lipinski definition) is 2. The van der Waals surface area contributed by atoms with E-state index < -0.39 is 6.04 Å². The van der Waals surface area contributed by atoms with E-state index in [4.69, 9.17) is 22.1 Å². The molecule has 0 aliphatic heterocycles. The molecule has 1 aromatic carbocycles. The fourth-order valence-electron chi connectivity index (χ4n) is 1.45. The van der Waals surface area contributed by atoms with Crippen molar-refractivity contribution in [1.82, 2.24) is 5.32 Å². The topological polar surface area (TPSA) is 64.4 Å². The lowest BCUT2D eigenvalue weighted by atomic mass is 10.2. The van der Waals surface area contributed by atoms with Crippen molar-refractivity contribution in [1.29, 1.82) is 0 Å². The molecular formula is C13H19ClN2O2. The van der Waals surface area contributed by atoms with Gasteiger partial charge in [-0.2, -0.15) is 0 Å². The van der Waals surface area contributed by atoms with Gasteiger partial charge in [0.25, 0.3) is 0 Å². The van der Waals surface area contributed by atoms with Crippen LogP contribution in [0.3, 0.4) is 0 Å². The van der Waals surface area contributed by atoms with Gasteiger partial charge in [0.05, 0.1) is 12.6 Å². The van der Waals surface area contributed by atoms with Gasteiger partial charge in [0, 0.05) is 5.02 Å². The zero-order chi connectivity index (χ0) is 13.4. The second-order valence-corrected chi connectivity index (χ2v) is 4.43. The number of ether oxygens (including phenoxy) is 1. The molecule has 0 spiro atoms. The van der Waals surface area contributed by atoms with Crippen LogP contribution in [0.25, 0.3) is 0 Å². The van der Waals surface area contributed by atoms with Gasteiger partial charge in [-0.15, -0.1) is 0 Å². The molecule has 0 aliphatic carbocycles. The lowest BCUT2D eigenvalue weighted by Gasteiger charge is -2.11. The van der Waals surface area contributed by atoms with Crippen LogP contribution in [0.2, 0.25) is 5.02 Å². The highest BCUT2D eigenvalue weighted by atomic mass is 35.5. The Balaban J connectivity index is 2.18. The number of carbonyl (C=O) groups is 1. The Labute approximate surface area is 112 Å². The molecule has 5 heteroatoms. The van der Waals surface area contributed by atoms with E-state index in [1.54, 1.807) is 24.3 Å². The Morgan fingerprint density at radius 3 is 2.72 bits per heavy atom. The van der Waals surface area contributed by atoms with Gasteiger partial charge < -0.3 is 15.8 Å². The van der Waals surface area contributed by atoms with Crippen molar-refractivity contribution in [3.8, 4) is 5.75 Å². The summed E-state index contributed by atoms with van der Waals surface area (Å²) in [5.41, 5.74) is 5.67. The highest BCUT2D eigenvalue weighted by Crippen LogP contribution is 2.15. The van der Waals surface area contributed by atoms with E-state index in [-0.39, 0.29) is 5.91 Å². The second kappa shape index (κ2) is 7.95. The van der Waals surface area contributed by atoms with Gasteiger partial charge in [0.15, 0.2) is 0 Å². The van der Waals surface area contributed by atoms with Crippen LogP contribution in [0.4, 0.5) is 0 Å². The van der Waals surface area contributed by atoms with Crippen molar-refractivity contribution in [2.75, 3.05) is 13.2 Å². The smallest absolute Gasteiger partial charge is 0.237 e. The first-order valence-electron chi connectivity index (χ1n) is 6.05. The molecule has 18 heavy (non-hydrogen) atoms. The number of amides is 1. The number of carbonyl (C=O) groups excluding carboxylic acids is 1. The van der Waals surface area contributed by atoms with Gasteiger partial charge in [-0.05, 0) is 30.7 Å². The summed E-state index contributed by atoms with van der Waals surface area (Å²) in [6.45, 7) is 2.85. The summed E-state index contributed by atoms with van der Waals surface area (Å²) in [6.07, 6.45) is 1.60. The van der Waals surface area contributed by atoms with Crippen LogP contribution in [-0.4, -0.2) is 25.1 Å². The minimum Gasteiger partial charge on any atom is -0.492 e. The molecule has 0 saturated carbocycles. The Morgan fingerprint density at radius 1 is 1.44 bits per heavy atom. The predicted molar refractivity (Wildman–Crippen MR) is 72.8 cm³/mol. The molecule has 1 unspecified atom stereocenters. The third-order valence-electron chi connectivity index (χ3n) is 2.42. The molecule has 0 aliphatic rings. The molecular weight excluding hydrogens is 252 g/mol. The molecule has 0 radical (unpaired) electrons. The first kappa shape index (κ1) is 14.8. The van der Waals surface area contributed by atoms with E-state index in [1.165, 1.54) is 0 Å². The third kappa shape index (κ3) is 5.38. The van der Waals surface area contributed by atoms with Gasteiger partial charge in [-0.1, -0.05) is 24.9 Å². The highest BCUT2D eigenvalue weighted by molar-refractivity contribution is 6.30. The van der Waals surface area contributed by atoms with Crippen LogP contribution >= 0.6 is 11.6 Å². The Morgan fingerprint density at radius 2 is 2.11 bits per heavy atom. The summed E-state index contributed by atoms with van der Waals surface area (Å²) < 4.78 is 5.44. The zero-order valence-electron chi connectivity index (χ0n) is 10.5. The monoisotopic (exact) mass is 270 g/mol. The summed E-state index contributed by atoms with van der Waals surface area (Å²) in [7, 11) is 0. The molecule has 0 aromatic heterocycles. The average Bonchev–Trinajstić information content (AvgIpc) is 2.36. The van der Waals surface area contributed by atoms with Gasteiger partial charge >= 0.3 is 0 Å². The minimum absolute atomic E-state index is 0.128. The Kier molecular flexibility index (Phi) is 6.54. The maximum absolute atomic E-state index is 11.5. The Bertz CT molecular complexity index is 368. The molecule has 1 amide bonds. The number of halogens is 1. The molecule has 0 saturated heterocycles. The van der Waals surface area contributed by atoms with Crippen molar-refractivity contribution < 1.29 is 9.53 Å². The number of nitrogens with one attached hydrogen (secondary N) is 1. The lowest BCUT2D eigenvalue weighted by molar-refractivity contribution is -0.122. The molecule has 3 N–H and O–H groups in total. The van der Waals surface area contributed by atoms with E-state index in [0.29, 0.717) is 24.6 Å². The van der Waals surface area contributed by atoms with Crippen LogP contribution in [0, 0.1) is 0 Å². The highest BCUT2D eigenvalue weighted by Gasteiger charge is 2.10. The van der Waals surface area contributed by atoms with Crippen LogP contribution in [-0.2, 0) is 4.79 Å². The number of benzene rings is 1. The van der Waals surface area contributed by atoms with E-state index in [0.717, 1.165) is 12.2 Å². The standard InChI is InChI=1S/C13H19ClN2O2/c1-2-3-12(15)13(17)16-8-9-18-11-6-4-10(14)5-7-11/h4-7,12H,2-3,8-9,15H2,1H3,(H,16,17). The fourth-order valence-corrected chi connectivity index (χ4v) is 1.57. The van der Waals surface area contributed by atoms with E-state index >= 15 is 0 Å². The maximum Gasteiger partial charge on any atom is 0.237 e. The van der Waals surface area contributed by atoms with Gasteiger partial charge in [0.2, 0.25) is 5.91 Å². The van der Waals surface area contributed by atoms with Crippen LogP contribution in [0.15, 0.2) is 24.3 Å². The summed E-state index contributed by atoms with van der Waals surface area (Å²) in [6, 6.07) is 6.66. The number of nitrogens with two attached hydrogens (primary N) is 1. The van der Waals surface area contributed by atoms with Crippen LogP contribution in [0.5, 0.6) is 5.75 Å². The van der Waals surface area contributed by atoms with Crippen LogP contribution in [0.1, 0.15) is 19.8 Å². The SMILES string of the molecule is CCCC(N)C(=O)NCCOc1ccc(Cl)cc1. The Hall–Kier alpha value is -1.26. The quantitative estimate of drug-likeness (QED) is 0.745. The van der Waals surface area contributed by atoms with Crippen molar-refractivity contribution in [3.63, 3.8) is 0 Å². The van der Waals surface area contributed by atoms with Crippen LogP contribution < -0.4 is 15.8 Å². The zero-order valence-corrected chi connectivity index (χ0v) is 11.2. The molecule has 0 heterocycles. The molecule has 0 bridgehead atoms. The summed E-state index contributed by atoms with van der Waals surface area (Å²) >= 11 is 5.75. The number of rotatable bonds is 7. The van der Waals surface area contributed by atoms with Gasteiger partial charge in [-0.25, -0.2) is 0 Å². The number of hydrogen-bond acceptors (Lipinski definition) is 3. The van der Waals surface area contributed by atoms with Gasteiger partial charge in [0.1, 0.15) is 12.4 Å². The molecule has 1 rings (SSSR count). The maximum atomic E-state index is 11.5. The van der Waals surface area contributed by atoms with E-state index in [9.17, 15) is 4.79 Å². The van der Waals surface area contributed by atoms with E-state index in [2.05, 4.69) is 5.32 Å². The first-order valence-corrected chi connectivity index (χ1v) is 6.43. The van der Waals surface area contributed by atoms with Crippen molar-refractivity contribution in [2.45, 2.75) is 25.8 Å². The van der Waals surface area contributed by atoms with Crippen molar-refractivity contribution in [3.05, 3.63) is 29.3 Å².